The van der Waals surface area contributed by atoms with E-state index < -0.39 is 14.6 Å². The van der Waals surface area contributed by atoms with E-state index in [2.05, 4.69) is 13.8 Å². The van der Waals surface area contributed by atoms with Crippen LogP contribution < -0.4 is 0 Å². The van der Waals surface area contributed by atoms with Crippen LogP contribution >= 0.6 is 0 Å². The van der Waals surface area contributed by atoms with Gasteiger partial charge in [-0.2, -0.15) is 0 Å². The van der Waals surface area contributed by atoms with Crippen molar-refractivity contribution in [2.45, 2.75) is 90.1 Å². The van der Waals surface area contributed by atoms with E-state index in [0.29, 0.717) is 24.9 Å². The summed E-state index contributed by atoms with van der Waals surface area (Å²) in [4.78, 5) is 0. The molecule has 0 bridgehead atoms. The molecular weight excluding hydrogens is 551 g/mol. The molecule has 2 rings (SSSR count). The Bertz CT molecular complexity index is 528. The van der Waals surface area contributed by atoms with Gasteiger partial charge in [0.05, 0.1) is 22.7 Å². The number of hydrogen-bond donors (Lipinski definition) is 1. The Morgan fingerprint density at radius 2 is 1.88 bits per heavy atom. The topological polar surface area (TPSA) is 63.6 Å². The molecule has 6 heteroatoms. The Kier molecular flexibility index (Phi) is 8.97. The second-order valence-electron chi connectivity index (χ2n) is 9.12. The third-order valence-electron chi connectivity index (χ3n) is 6.60. The summed E-state index contributed by atoms with van der Waals surface area (Å²) < 4.78 is 29.6. The minimum Gasteiger partial charge on any atom is -0.393 e. The van der Waals surface area contributed by atoms with Gasteiger partial charge in [-0.25, -0.2) is 8.42 Å². The maximum absolute atomic E-state index is 12.1. The molecule has 25 heavy (non-hydrogen) atoms. The fraction of sp³-hybridized carbons (Fsp3) is 1.00. The van der Waals surface area contributed by atoms with Crippen molar-refractivity contribution in [2.75, 3.05) is 12.4 Å². The molecule has 145 valence electrons. The van der Waals surface area contributed by atoms with Crippen molar-refractivity contribution < 1.29 is 62.3 Å². The van der Waals surface area contributed by atoms with Crippen molar-refractivity contribution in [3.05, 3.63) is 0 Å². The van der Waals surface area contributed by atoms with Crippen molar-refractivity contribution >= 4 is 9.84 Å². The SMILES string of the molecule is C[C@@H](OCCCS(=O)(=O)C(C)(C)C)C1CCC2C(O)CCC[C@@]21C.[Ac]. The molecule has 0 aromatic carbocycles. The van der Waals surface area contributed by atoms with Gasteiger partial charge in [-0.1, -0.05) is 13.3 Å². The number of hydrogen-bond acceptors (Lipinski definition) is 4. The number of ether oxygens (including phenoxy) is 1. The minimum atomic E-state index is -3.07. The molecule has 2 aliphatic carbocycles. The summed E-state index contributed by atoms with van der Waals surface area (Å²) in [6.45, 7) is 10.2. The number of aliphatic hydroxyl groups is 1. The molecule has 2 saturated carbocycles. The summed E-state index contributed by atoms with van der Waals surface area (Å²) in [6.07, 6.45) is 5.94. The van der Waals surface area contributed by atoms with Crippen molar-refractivity contribution in [1.29, 1.82) is 0 Å². The van der Waals surface area contributed by atoms with Gasteiger partial charge in [0.15, 0.2) is 9.84 Å². The predicted molar refractivity (Wildman–Crippen MR) is 97.7 cm³/mol. The monoisotopic (exact) mass is 587 g/mol. The van der Waals surface area contributed by atoms with Gasteiger partial charge < -0.3 is 9.84 Å². The average molecular weight is 588 g/mol. The average Bonchev–Trinajstić information content (AvgIpc) is 2.81. The van der Waals surface area contributed by atoms with E-state index in [4.69, 9.17) is 4.74 Å². The van der Waals surface area contributed by atoms with E-state index in [-0.39, 0.29) is 67.4 Å². The maximum Gasteiger partial charge on any atom is 0.155 e. The Morgan fingerprint density at radius 1 is 1.24 bits per heavy atom. The van der Waals surface area contributed by atoms with Gasteiger partial charge in [-0.05, 0) is 77.0 Å². The fourth-order valence-corrected chi connectivity index (χ4v) is 6.01. The van der Waals surface area contributed by atoms with Gasteiger partial charge in [0.2, 0.25) is 0 Å². The molecule has 2 fully saturated rings. The molecule has 2 aliphatic rings. The second kappa shape index (κ2) is 9.21. The number of rotatable bonds is 6. The zero-order valence-corrected chi connectivity index (χ0v) is 22.2. The summed E-state index contributed by atoms with van der Waals surface area (Å²) in [7, 11) is -3.07. The van der Waals surface area contributed by atoms with E-state index in [9.17, 15) is 13.5 Å². The third kappa shape index (κ3) is 5.43. The molecule has 0 amide bonds. The van der Waals surface area contributed by atoms with Crippen molar-refractivity contribution in [3.63, 3.8) is 0 Å². The first-order valence-electron chi connectivity index (χ1n) is 9.51. The van der Waals surface area contributed by atoms with E-state index in [0.717, 1.165) is 25.7 Å². The van der Waals surface area contributed by atoms with Crippen LogP contribution in [0, 0.1) is 61.3 Å². The van der Waals surface area contributed by atoms with E-state index in [1.54, 1.807) is 20.8 Å². The zero-order chi connectivity index (χ0) is 18.2. The number of aliphatic hydroxyl groups excluding tert-OH is 1. The van der Waals surface area contributed by atoms with Crippen molar-refractivity contribution in [1.82, 2.24) is 0 Å². The van der Waals surface area contributed by atoms with Gasteiger partial charge in [0.25, 0.3) is 0 Å². The molecule has 1 radical (unpaired) electrons. The van der Waals surface area contributed by atoms with E-state index in [1.165, 1.54) is 6.42 Å². The molecule has 0 aliphatic heterocycles. The van der Waals surface area contributed by atoms with Gasteiger partial charge in [0.1, 0.15) is 0 Å². The fourth-order valence-electron chi connectivity index (χ4n) is 4.90. The Morgan fingerprint density at radius 3 is 2.48 bits per heavy atom. The largest absolute Gasteiger partial charge is 0.393 e. The molecule has 4 nitrogen and oxygen atoms in total. The van der Waals surface area contributed by atoms with Crippen molar-refractivity contribution in [3.8, 4) is 0 Å². The first-order valence-corrected chi connectivity index (χ1v) is 11.2. The van der Waals surface area contributed by atoms with Crippen LogP contribution in [-0.2, 0) is 14.6 Å². The van der Waals surface area contributed by atoms with Crippen LogP contribution in [0.15, 0.2) is 0 Å². The van der Waals surface area contributed by atoms with Crippen LogP contribution in [0.4, 0.5) is 0 Å². The van der Waals surface area contributed by atoms with Gasteiger partial charge >= 0.3 is 0 Å². The second-order valence-corrected chi connectivity index (χ2v) is 12.0. The molecule has 0 spiro atoms. The van der Waals surface area contributed by atoms with Crippen LogP contribution in [0.25, 0.3) is 0 Å². The normalized spacial score (nSPS) is 34.2. The summed E-state index contributed by atoms with van der Waals surface area (Å²) in [5, 5.41) is 10.3. The summed E-state index contributed by atoms with van der Waals surface area (Å²) in [5.74, 6) is 1.06. The molecular formula is C19H36AcO4S. The molecule has 1 N–H and O–H groups in total. The molecule has 0 aromatic rings. The molecule has 5 atom stereocenters. The Labute approximate surface area is 190 Å². The molecule has 0 saturated heterocycles. The van der Waals surface area contributed by atoms with Crippen LogP contribution in [0.2, 0.25) is 0 Å². The van der Waals surface area contributed by atoms with Gasteiger partial charge in [-0.15, -0.1) is 0 Å². The van der Waals surface area contributed by atoms with Gasteiger partial charge in [0, 0.05) is 50.7 Å². The number of fused-ring (bicyclic) bond motifs is 1. The first-order chi connectivity index (χ1) is 11.0. The van der Waals surface area contributed by atoms with Gasteiger partial charge in [-0.3, -0.25) is 0 Å². The van der Waals surface area contributed by atoms with Crippen molar-refractivity contribution in [2.24, 2.45) is 17.3 Å². The van der Waals surface area contributed by atoms with Crippen LogP contribution in [0.3, 0.4) is 0 Å². The Hall–Kier alpha value is 1.31. The summed E-state index contributed by atoms with van der Waals surface area (Å²) in [6, 6.07) is 0. The predicted octanol–water partition coefficient (Wildman–Crippen LogP) is 3.57. The zero-order valence-electron chi connectivity index (χ0n) is 16.6. The van der Waals surface area contributed by atoms with Crippen LogP contribution in [0.1, 0.15) is 73.1 Å². The van der Waals surface area contributed by atoms with E-state index in [1.807, 2.05) is 0 Å². The molecule has 0 aromatic heterocycles. The maximum atomic E-state index is 12.1. The number of sulfone groups is 1. The van der Waals surface area contributed by atoms with E-state index >= 15 is 0 Å². The Balaban J connectivity index is 0.00000312. The standard InChI is InChI=1S/C19H36O4S.Ac/c1-14(23-12-7-13-24(21,22)18(2,3)4)15-9-10-16-17(20)8-6-11-19(15,16)5;/h14-17,20H,6-13H2,1-5H3;/t14-,15?,16?,17?,19-;/m1./s1. The molecule has 0 heterocycles. The summed E-state index contributed by atoms with van der Waals surface area (Å²) >= 11 is 0. The van der Waals surface area contributed by atoms with Crippen LogP contribution in [0.5, 0.6) is 0 Å². The first kappa shape index (κ1) is 24.3. The quantitative estimate of drug-likeness (QED) is 0.483. The minimum absolute atomic E-state index is 0. The smallest absolute Gasteiger partial charge is 0.155 e. The summed E-state index contributed by atoms with van der Waals surface area (Å²) in [5.41, 5.74) is 0.175. The third-order valence-corrected chi connectivity index (χ3v) is 9.29. The molecule has 3 unspecified atom stereocenters. The van der Waals surface area contributed by atoms with Crippen LogP contribution in [-0.4, -0.2) is 42.8 Å².